The van der Waals surface area contributed by atoms with Crippen molar-refractivity contribution in [2.45, 2.75) is 20.8 Å². The van der Waals surface area contributed by atoms with Crippen LogP contribution in [0.2, 0.25) is 0 Å². The Morgan fingerprint density at radius 1 is 1.22 bits per heavy atom. The van der Waals surface area contributed by atoms with E-state index >= 15 is 0 Å². The van der Waals surface area contributed by atoms with Crippen LogP contribution in [0, 0.1) is 0 Å². The highest BCUT2D eigenvalue weighted by atomic mass is 16.5. The van der Waals surface area contributed by atoms with Gasteiger partial charge in [-0.3, -0.25) is 4.99 Å². The Morgan fingerprint density at radius 2 is 2.00 bits per heavy atom. The highest BCUT2D eigenvalue weighted by Crippen LogP contribution is 2.30. The molecular weight excluding hydrogens is 292 g/mol. The fourth-order valence-corrected chi connectivity index (χ4v) is 1.95. The zero-order chi connectivity index (χ0) is 17.1. The summed E-state index contributed by atoms with van der Waals surface area (Å²) in [6, 6.07) is 5.77. The number of ether oxygens (including phenoxy) is 2. The van der Waals surface area contributed by atoms with Crippen LogP contribution in [0.4, 0.5) is 5.69 Å². The van der Waals surface area contributed by atoms with Crippen LogP contribution in [0.1, 0.15) is 20.8 Å². The van der Waals surface area contributed by atoms with E-state index in [1.165, 1.54) is 0 Å². The second-order valence-corrected chi connectivity index (χ2v) is 5.08. The summed E-state index contributed by atoms with van der Waals surface area (Å²) in [7, 11) is 3.73. The molecule has 1 aromatic carbocycles. The molecule has 2 N–H and O–H groups in total. The number of likely N-dealkylation sites (N-methyl/N-ethyl adjacent to an activating group) is 1. The molecule has 0 aromatic heterocycles. The summed E-state index contributed by atoms with van der Waals surface area (Å²) in [6.45, 7) is 10.3. The van der Waals surface area contributed by atoms with Crippen LogP contribution in [0.25, 0.3) is 0 Å². The van der Waals surface area contributed by atoms with Gasteiger partial charge in [0, 0.05) is 24.8 Å². The minimum Gasteiger partial charge on any atom is -0.493 e. The molecule has 0 aliphatic rings. The molecule has 0 saturated carbocycles. The van der Waals surface area contributed by atoms with Gasteiger partial charge >= 0.3 is 0 Å². The fourth-order valence-electron chi connectivity index (χ4n) is 1.95. The van der Waals surface area contributed by atoms with Crippen molar-refractivity contribution in [3.63, 3.8) is 0 Å². The minimum atomic E-state index is 0.609. The maximum absolute atomic E-state index is 5.53. The highest BCUT2D eigenvalue weighted by molar-refractivity contribution is 5.93. The molecule has 0 bridgehead atoms. The number of anilines is 1. The quantitative estimate of drug-likeness (QED) is 0.540. The lowest BCUT2D eigenvalue weighted by molar-refractivity contribution is 0.311. The Bertz CT molecular complexity index is 491. The van der Waals surface area contributed by atoms with Gasteiger partial charge in [-0.2, -0.15) is 0 Å². The SMILES string of the molecule is CCNC(=NCCN(C)CC)Nc1ccc(OCC)c(OC)c1. The van der Waals surface area contributed by atoms with Crippen molar-refractivity contribution in [2.24, 2.45) is 4.99 Å². The van der Waals surface area contributed by atoms with Crippen molar-refractivity contribution in [1.82, 2.24) is 10.2 Å². The third-order valence-corrected chi connectivity index (χ3v) is 3.36. The number of nitrogens with one attached hydrogen (secondary N) is 2. The van der Waals surface area contributed by atoms with Gasteiger partial charge in [0.05, 0.1) is 20.3 Å². The number of hydrogen-bond donors (Lipinski definition) is 2. The first kappa shape index (κ1) is 19.1. The Hall–Kier alpha value is -1.95. The molecule has 0 spiro atoms. The molecule has 0 radical (unpaired) electrons. The van der Waals surface area contributed by atoms with E-state index in [1.807, 2.05) is 32.0 Å². The standard InChI is InChI=1S/C17H30N4O2/c1-6-18-17(19-11-12-21(4)7-2)20-14-9-10-15(23-8-3)16(13-14)22-5/h9-10,13H,6-8,11-12H2,1-5H3,(H2,18,19,20). The van der Waals surface area contributed by atoms with Crippen LogP contribution in [-0.2, 0) is 0 Å². The minimum absolute atomic E-state index is 0.609. The Morgan fingerprint density at radius 3 is 2.61 bits per heavy atom. The van der Waals surface area contributed by atoms with E-state index < -0.39 is 0 Å². The van der Waals surface area contributed by atoms with Gasteiger partial charge in [-0.05, 0) is 39.6 Å². The first-order chi connectivity index (χ1) is 11.1. The first-order valence-electron chi connectivity index (χ1n) is 8.19. The van der Waals surface area contributed by atoms with Gasteiger partial charge in [0.1, 0.15) is 0 Å². The molecule has 6 nitrogen and oxygen atoms in total. The van der Waals surface area contributed by atoms with Crippen LogP contribution in [0.5, 0.6) is 11.5 Å². The molecule has 23 heavy (non-hydrogen) atoms. The maximum Gasteiger partial charge on any atom is 0.195 e. The fraction of sp³-hybridized carbons (Fsp3) is 0.588. The average Bonchev–Trinajstić information content (AvgIpc) is 2.56. The number of benzene rings is 1. The number of nitrogens with zero attached hydrogens (tertiary/aromatic N) is 2. The largest absolute Gasteiger partial charge is 0.493 e. The molecule has 0 fully saturated rings. The van der Waals surface area contributed by atoms with Crippen molar-refractivity contribution in [3.8, 4) is 11.5 Å². The maximum atomic E-state index is 5.53. The van der Waals surface area contributed by atoms with E-state index in [0.717, 1.165) is 43.6 Å². The molecular formula is C17H30N4O2. The Labute approximate surface area is 139 Å². The molecule has 0 aliphatic carbocycles. The van der Waals surface area contributed by atoms with Gasteiger partial charge in [-0.1, -0.05) is 6.92 Å². The number of rotatable bonds is 9. The molecule has 0 heterocycles. The predicted molar refractivity (Wildman–Crippen MR) is 96.9 cm³/mol. The summed E-state index contributed by atoms with van der Waals surface area (Å²) in [5, 5.41) is 6.55. The molecule has 1 aromatic rings. The topological polar surface area (TPSA) is 58.1 Å². The van der Waals surface area contributed by atoms with Crippen molar-refractivity contribution in [2.75, 3.05) is 52.3 Å². The summed E-state index contributed by atoms with van der Waals surface area (Å²) in [4.78, 5) is 6.82. The third kappa shape index (κ3) is 6.78. The van der Waals surface area contributed by atoms with Crippen molar-refractivity contribution < 1.29 is 9.47 Å². The summed E-state index contributed by atoms with van der Waals surface area (Å²) in [5.74, 6) is 2.22. The van der Waals surface area contributed by atoms with Crippen LogP contribution in [0.15, 0.2) is 23.2 Å². The van der Waals surface area contributed by atoms with Crippen molar-refractivity contribution in [3.05, 3.63) is 18.2 Å². The van der Waals surface area contributed by atoms with Crippen LogP contribution in [0.3, 0.4) is 0 Å². The molecule has 1 rings (SSSR count). The average molecular weight is 322 g/mol. The lowest BCUT2D eigenvalue weighted by atomic mass is 10.2. The van der Waals surface area contributed by atoms with Crippen LogP contribution >= 0.6 is 0 Å². The van der Waals surface area contributed by atoms with Gasteiger partial charge < -0.3 is 25.0 Å². The molecule has 0 saturated heterocycles. The second kappa shape index (κ2) is 10.7. The van der Waals surface area contributed by atoms with Crippen LogP contribution in [-0.4, -0.2) is 57.8 Å². The van der Waals surface area contributed by atoms with Gasteiger partial charge in [0.2, 0.25) is 0 Å². The Balaban J connectivity index is 2.77. The Kier molecular flexibility index (Phi) is 8.90. The van der Waals surface area contributed by atoms with E-state index in [9.17, 15) is 0 Å². The molecule has 0 aliphatic heterocycles. The summed E-state index contributed by atoms with van der Waals surface area (Å²) in [5.41, 5.74) is 0.911. The lowest BCUT2D eigenvalue weighted by Gasteiger charge is -2.15. The second-order valence-electron chi connectivity index (χ2n) is 5.08. The van der Waals surface area contributed by atoms with E-state index in [2.05, 4.69) is 34.5 Å². The number of guanidine groups is 1. The molecule has 0 unspecified atom stereocenters. The first-order valence-corrected chi connectivity index (χ1v) is 8.19. The number of aliphatic imine (C=N–C) groups is 1. The van der Waals surface area contributed by atoms with Gasteiger partial charge in [0.15, 0.2) is 17.5 Å². The molecule has 130 valence electrons. The zero-order valence-corrected chi connectivity index (χ0v) is 15.0. The molecule has 0 amide bonds. The number of methoxy groups -OCH3 is 1. The molecule has 0 atom stereocenters. The van der Waals surface area contributed by atoms with E-state index in [1.54, 1.807) is 7.11 Å². The highest BCUT2D eigenvalue weighted by Gasteiger charge is 2.07. The van der Waals surface area contributed by atoms with Gasteiger partial charge in [-0.15, -0.1) is 0 Å². The van der Waals surface area contributed by atoms with Crippen LogP contribution < -0.4 is 20.1 Å². The third-order valence-electron chi connectivity index (χ3n) is 3.36. The zero-order valence-electron chi connectivity index (χ0n) is 15.0. The summed E-state index contributed by atoms with van der Waals surface area (Å²) < 4.78 is 10.9. The van der Waals surface area contributed by atoms with E-state index in [0.29, 0.717) is 12.4 Å². The van der Waals surface area contributed by atoms with E-state index in [4.69, 9.17) is 9.47 Å². The smallest absolute Gasteiger partial charge is 0.195 e. The van der Waals surface area contributed by atoms with Crippen molar-refractivity contribution in [1.29, 1.82) is 0 Å². The predicted octanol–water partition coefficient (Wildman–Crippen LogP) is 2.42. The van der Waals surface area contributed by atoms with Gasteiger partial charge in [-0.25, -0.2) is 0 Å². The van der Waals surface area contributed by atoms with Gasteiger partial charge in [0.25, 0.3) is 0 Å². The lowest BCUT2D eigenvalue weighted by Crippen LogP contribution is -2.32. The number of hydrogen-bond acceptors (Lipinski definition) is 4. The van der Waals surface area contributed by atoms with Crippen molar-refractivity contribution >= 4 is 11.6 Å². The summed E-state index contributed by atoms with van der Waals surface area (Å²) >= 11 is 0. The van der Waals surface area contributed by atoms with E-state index in [-0.39, 0.29) is 0 Å². The monoisotopic (exact) mass is 322 g/mol. The normalized spacial score (nSPS) is 11.5. The molecule has 6 heteroatoms. The summed E-state index contributed by atoms with van der Waals surface area (Å²) in [6.07, 6.45) is 0.